The Balaban J connectivity index is 2.59. The first-order chi connectivity index (χ1) is 9.31. The third-order valence-electron chi connectivity index (χ3n) is 3.01. The second-order valence-corrected chi connectivity index (χ2v) is 4.67. The van der Waals surface area contributed by atoms with Crippen molar-refractivity contribution in [3.05, 3.63) is 11.5 Å². The average molecular weight is 313 g/mol. The van der Waals surface area contributed by atoms with Crippen LogP contribution in [0.3, 0.4) is 0 Å². The van der Waals surface area contributed by atoms with Crippen molar-refractivity contribution in [3.8, 4) is 0 Å². The summed E-state index contributed by atoms with van der Waals surface area (Å²) >= 11 is 5.67. The first-order valence-electron chi connectivity index (χ1n) is 5.94. The van der Waals surface area contributed by atoms with Crippen molar-refractivity contribution < 1.29 is 17.6 Å². The Morgan fingerprint density at radius 1 is 1.35 bits per heavy atom. The van der Waals surface area contributed by atoms with E-state index in [0.29, 0.717) is 17.6 Å². The molecule has 0 unspecified atom stereocenters. The van der Waals surface area contributed by atoms with E-state index in [0.717, 1.165) is 4.57 Å². The predicted octanol–water partition coefficient (Wildman–Crippen LogP) is 2.97. The minimum atomic E-state index is -4.15. The Kier molecular flexibility index (Phi) is 3.95. The number of hydrogen-bond acceptors (Lipinski definition) is 2. The summed E-state index contributed by atoms with van der Waals surface area (Å²) in [6.07, 6.45) is -3.19. The van der Waals surface area contributed by atoms with Gasteiger partial charge in [-0.2, -0.15) is 13.9 Å². The fourth-order valence-electron chi connectivity index (χ4n) is 2.07. The van der Waals surface area contributed by atoms with Crippen molar-refractivity contribution in [2.75, 3.05) is 0 Å². The van der Waals surface area contributed by atoms with Crippen LogP contribution in [0.5, 0.6) is 0 Å². The van der Waals surface area contributed by atoms with Crippen LogP contribution in [0.2, 0.25) is 0 Å². The van der Waals surface area contributed by atoms with E-state index in [1.54, 1.807) is 7.05 Å². The number of aromatic nitrogens is 4. The molecule has 0 saturated carbocycles. The Labute approximate surface area is 117 Å². The standard InChI is InChI=1S/C11H13ClF4N4/c1-3-6-8-9(19(2)18-6)20(7(4-12)17-8)5-11(15,16)10(13)14/h10H,3-5H2,1-2H3. The summed E-state index contributed by atoms with van der Waals surface area (Å²) in [6, 6.07) is 0. The quantitative estimate of drug-likeness (QED) is 0.628. The SMILES string of the molecule is CCc1nn(C)c2c1nc(CCl)n2CC(F)(F)C(F)F. The van der Waals surface area contributed by atoms with Crippen LogP contribution in [0, 0.1) is 0 Å². The largest absolute Gasteiger partial charge is 0.324 e. The lowest BCUT2D eigenvalue weighted by atomic mass is 10.3. The third-order valence-corrected chi connectivity index (χ3v) is 3.25. The molecule has 2 aromatic heterocycles. The molecule has 20 heavy (non-hydrogen) atoms. The van der Waals surface area contributed by atoms with Gasteiger partial charge in [-0.15, -0.1) is 11.6 Å². The summed E-state index contributed by atoms with van der Waals surface area (Å²) in [6.45, 7) is 0.667. The molecule has 0 aliphatic carbocycles. The molecule has 0 aromatic carbocycles. The lowest BCUT2D eigenvalue weighted by molar-refractivity contribution is -0.137. The molecule has 112 valence electrons. The normalized spacial score (nSPS) is 12.8. The number of hydrogen-bond donors (Lipinski definition) is 0. The van der Waals surface area contributed by atoms with Crippen LogP contribution in [0.15, 0.2) is 0 Å². The van der Waals surface area contributed by atoms with Crippen LogP contribution in [0.25, 0.3) is 11.2 Å². The van der Waals surface area contributed by atoms with Gasteiger partial charge < -0.3 is 4.57 Å². The molecule has 0 spiro atoms. The van der Waals surface area contributed by atoms with Gasteiger partial charge in [-0.05, 0) is 6.42 Å². The molecule has 2 heterocycles. The fraction of sp³-hybridized carbons (Fsp3) is 0.636. The van der Waals surface area contributed by atoms with Crippen LogP contribution in [0.4, 0.5) is 17.6 Å². The number of nitrogens with zero attached hydrogens (tertiary/aromatic N) is 4. The van der Waals surface area contributed by atoms with Crippen LogP contribution in [-0.4, -0.2) is 31.7 Å². The molecule has 0 N–H and O–H groups in total. The van der Waals surface area contributed by atoms with Gasteiger partial charge in [0.15, 0.2) is 5.65 Å². The molecule has 2 rings (SSSR count). The van der Waals surface area contributed by atoms with Gasteiger partial charge in [0.1, 0.15) is 11.3 Å². The van der Waals surface area contributed by atoms with Crippen molar-refractivity contribution in [1.29, 1.82) is 0 Å². The van der Waals surface area contributed by atoms with E-state index in [4.69, 9.17) is 11.6 Å². The summed E-state index contributed by atoms with van der Waals surface area (Å²) in [7, 11) is 1.55. The minimum absolute atomic E-state index is 0.129. The lowest BCUT2D eigenvalue weighted by Crippen LogP contribution is -2.33. The molecule has 0 aliphatic heterocycles. The number of aryl methyl sites for hydroxylation is 2. The van der Waals surface area contributed by atoms with E-state index in [9.17, 15) is 17.6 Å². The molecule has 0 bridgehead atoms. The van der Waals surface area contributed by atoms with Gasteiger partial charge in [0.2, 0.25) is 0 Å². The highest BCUT2D eigenvalue weighted by Crippen LogP contribution is 2.29. The molecular weight excluding hydrogens is 300 g/mol. The van der Waals surface area contributed by atoms with E-state index in [2.05, 4.69) is 10.1 Å². The van der Waals surface area contributed by atoms with Crippen molar-refractivity contribution in [2.45, 2.75) is 38.1 Å². The summed E-state index contributed by atoms with van der Waals surface area (Å²) < 4.78 is 53.7. The van der Waals surface area contributed by atoms with Gasteiger partial charge in [0.05, 0.1) is 18.1 Å². The van der Waals surface area contributed by atoms with Gasteiger partial charge in [-0.3, -0.25) is 4.68 Å². The Morgan fingerprint density at radius 2 is 2.00 bits per heavy atom. The van der Waals surface area contributed by atoms with Gasteiger partial charge >= 0.3 is 12.3 Å². The Hall–Kier alpha value is -1.31. The zero-order chi connectivity index (χ0) is 15.1. The molecule has 0 amide bonds. The summed E-state index contributed by atoms with van der Waals surface area (Å²) in [4.78, 5) is 4.14. The smallest absolute Gasteiger partial charge is 0.306 e. The van der Waals surface area contributed by atoms with Crippen LogP contribution in [0.1, 0.15) is 18.4 Å². The monoisotopic (exact) mass is 312 g/mol. The first kappa shape index (κ1) is 15.1. The lowest BCUT2D eigenvalue weighted by Gasteiger charge is -2.17. The second-order valence-electron chi connectivity index (χ2n) is 4.41. The highest BCUT2D eigenvalue weighted by molar-refractivity contribution is 6.16. The molecule has 0 saturated heterocycles. The number of fused-ring (bicyclic) bond motifs is 1. The highest BCUT2D eigenvalue weighted by Gasteiger charge is 2.42. The van der Waals surface area contributed by atoms with Crippen molar-refractivity contribution in [3.63, 3.8) is 0 Å². The first-order valence-corrected chi connectivity index (χ1v) is 6.48. The van der Waals surface area contributed by atoms with Crippen LogP contribution < -0.4 is 0 Å². The van der Waals surface area contributed by atoms with E-state index < -0.39 is 18.9 Å². The number of halogens is 5. The maximum atomic E-state index is 13.3. The topological polar surface area (TPSA) is 35.6 Å². The molecule has 4 nitrogen and oxygen atoms in total. The zero-order valence-electron chi connectivity index (χ0n) is 10.9. The second kappa shape index (κ2) is 5.23. The molecule has 2 aromatic rings. The Morgan fingerprint density at radius 3 is 2.50 bits per heavy atom. The molecule has 0 atom stereocenters. The maximum absolute atomic E-state index is 13.3. The van der Waals surface area contributed by atoms with E-state index in [1.807, 2.05) is 6.92 Å². The molecule has 0 aliphatic rings. The molecular formula is C11H13ClF4N4. The zero-order valence-corrected chi connectivity index (χ0v) is 11.6. The summed E-state index contributed by atoms with van der Waals surface area (Å²) in [5.41, 5.74) is 1.32. The highest BCUT2D eigenvalue weighted by atomic mass is 35.5. The van der Waals surface area contributed by atoms with Crippen LogP contribution in [-0.2, 0) is 25.9 Å². The fourth-order valence-corrected chi connectivity index (χ4v) is 2.28. The van der Waals surface area contributed by atoms with E-state index in [1.165, 1.54) is 4.68 Å². The van der Waals surface area contributed by atoms with E-state index >= 15 is 0 Å². The minimum Gasteiger partial charge on any atom is -0.306 e. The van der Waals surface area contributed by atoms with Crippen molar-refractivity contribution in [1.82, 2.24) is 19.3 Å². The number of alkyl halides is 5. The van der Waals surface area contributed by atoms with Crippen LogP contribution >= 0.6 is 11.6 Å². The molecule has 0 fully saturated rings. The number of imidazole rings is 1. The van der Waals surface area contributed by atoms with E-state index in [-0.39, 0.29) is 17.4 Å². The Bertz CT molecular complexity index is 619. The third kappa shape index (κ3) is 2.36. The molecule has 0 radical (unpaired) electrons. The van der Waals surface area contributed by atoms with Gasteiger partial charge in [-0.1, -0.05) is 6.92 Å². The van der Waals surface area contributed by atoms with Gasteiger partial charge in [-0.25, -0.2) is 13.8 Å². The summed E-state index contributed by atoms with van der Waals surface area (Å²) in [5, 5.41) is 4.14. The number of rotatable bonds is 5. The average Bonchev–Trinajstić information content (AvgIpc) is 2.87. The van der Waals surface area contributed by atoms with Crippen molar-refractivity contribution in [2.24, 2.45) is 7.05 Å². The maximum Gasteiger partial charge on any atom is 0.324 e. The predicted molar refractivity (Wildman–Crippen MR) is 66.4 cm³/mol. The summed E-state index contributed by atoms with van der Waals surface area (Å²) in [5.74, 6) is -4.16. The molecule has 9 heteroatoms. The van der Waals surface area contributed by atoms with Gasteiger partial charge in [0, 0.05) is 7.05 Å². The van der Waals surface area contributed by atoms with Crippen molar-refractivity contribution >= 4 is 22.8 Å². The van der Waals surface area contributed by atoms with Gasteiger partial charge in [0.25, 0.3) is 0 Å².